The third-order valence-corrected chi connectivity index (χ3v) is 8.56. The molecule has 0 unspecified atom stereocenters. The van der Waals surface area contributed by atoms with E-state index in [1.807, 2.05) is 0 Å². The van der Waals surface area contributed by atoms with Crippen LogP contribution in [0.1, 0.15) is 31.2 Å². The van der Waals surface area contributed by atoms with Crippen LogP contribution < -0.4 is 4.74 Å². The summed E-state index contributed by atoms with van der Waals surface area (Å²) in [5, 5.41) is 8.96. The van der Waals surface area contributed by atoms with Gasteiger partial charge in [0.05, 0.1) is 24.7 Å². The molecule has 1 aliphatic carbocycles. The average molecular weight is 404 g/mol. The predicted molar refractivity (Wildman–Crippen MR) is 97.2 cm³/mol. The Kier molecular flexibility index (Phi) is 5.62. The Bertz CT molecular complexity index is 853. The second-order valence-corrected chi connectivity index (χ2v) is 11.3. The van der Waals surface area contributed by atoms with Crippen LogP contribution in [0.3, 0.4) is 0 Å². The number of ether oxygens (including phenoxy) is 1. The number of aliphatic hydroxyl groups is 1. The van der Waals surface area contributed by atoms with E-state index in [-0.39, 0.29) is 22.7 Å². The van der Waals surface area contributed by atoms with Crippen LogP contribution >= 0.6 is 0 Å². The van der Waals surface area contributed by atoms with Gasteiger partial charge < -0.3 is 9.84 Å². The first-order valence-corrected chi connectivity index (χ1v) is 12.2. The molecule has 0 bridgehead atoms. The molecule has 26 heavy (non-hydrogen) atoms. The number of nitrogens with zero attached hydrogens (tertiary/aromatic N) is 1. The Labute approximate surface area is 154 Å². The van der Waals surface area contributed by atoms with Gasteiger partial charge in [0.15, 0.2) is 9.84 Å². The quantitative estimate of drug-likeness (QED) is 0.733. The summed E-state index contributed by atoms with van der Waals surface area (Å²) in [6.07, 6.45) is 3.91. The fourth-order valence-electron chi connectivity index (χ4n) is 3.17. The molecule has 0 spiro atoms. The second kappa shape index (κ2) is 7.46. The van der Waals surface area contributed by atoms with E-state index in [1.54, 1.807) is 12.1 Å². The molecule has 1 heterocycles. The van der Waals surface area contributed by atoms with Gasteiger partial charge >= 0.3 is 0 Å². The van der Waals surface area contributed by atoms with Crippen LogP contribution in [0.15, 0.2) is 23.1 Å². The lowest BCUT2D eigenvalue weighted by molar-refractivity contribution is 0.182. The maximum Gasteiger partial charge on any atom is 0.211 e. The topological polar surface area (TPSA) is 101 Å². The Hall–Kier alpha value is -1.16. The number of rotatable bonds is 7. The van der Waals surface area contributed by atoms with Gasteiger partial charge in [0.25, 0.3) is 0 Å². The summed E-state index contributed by atoms with van der Waals surface area (Å²) < 4.78 is 55.7. The fourth-order valence-corrected chi connectivity index (χ4v) is 5.88. The number of aliphatic hydroxyl groups excluding tert-OH is 1. The predicted octanol–water partition coefficient (Wildman–Crippen LogP) is 1.17. The van der Waals surface area contributed by atoms with Crippen LogP contribution in [0.5, 0.6) is 5.75 Å². The molecule has 7 nitrogen and oxygen atoms in total. The molecule has 146 valence electrons. The molecule has 3 rings (SSSR count). The maximum atomic E-state index is 12.7. The lowest BCUT2D eigenvalue weighted by atomic mass is 9.99. The largest absolute Gasteiger partial charge is 0.492 e. The normalized spacial score (nSPS) is 20.2. The van der Waals surface area contributed by atoms with E-state index < -0.39 is 19.9 Å². The monoisotopic (exact) mass is 403 g/mol. The van der Waals surface area contributed by atoms with Crippen molar-refractivity contribution in [1.82, 2.24) is 4.31 Å². The molecule has 9 heteroatoms. The molecular formula is C17H25NO6S2. The molecule has 1 aromatic rings. The van der Waals surface area contributed by atoms with E-state index >= 15 is 0 Å². The molecule has 0 aromatic heterocycles. The van der Waals surface area contributed by atoms with E-state index in [0.717, 1.165) is 0 Å². The van der Waals surface area contributed by atoms with Crippen molar-refractivity contribution in [2.24, 2.45) is 5.92 Å². The van der Waals surface area contributed by atoms with Crippen molar-refractivity contribution >= 4 is 19.9 Å². The third kappa shape index (κ3) is 4.39. The van der Waals surface area contributed by atoms with Crippen molar-refractivity contribution < 1.29 is 26.7 Å². The molecule has 1 saturated carbocycles. The lowest BCUT2D eigenvalue weighted by Gasteiger charge is -2.30. The standard InChI is InChI=1S/C17H25NO6S2/c1-25(20,21)18-8-6-13(7-9-18)12-24-16-5-2-14(11-19)10-17(16)26(22,23)15-3-4-15/h2,5,10,13,15,19H,3-4,6-9,11-12H2,1H3. The minimum absolute atomic E-state index is 0.153. The minimum atomic E-state index is -3.43. The molecule has 1 aromatic carbocycles. The Morgan fingerprint density at radius 1 is 1.12 bits per heavy atom. The number of sulfonamides is 1. The summed E-state index contributed by atoms with van der Waals surface area (Å²) in [4.78, 5) is 0.153. The van der Waals surface area contributed by atoms with Gasteiger partial charge in [-0.3, -0.25) is 0 Å². The number of hydrogen-bond donors (Lipinski definition) is 1. The first-order valence-electron chi connectivity index (χ1n) is 8.77. The highest BCUT2D eigenvalue weighted by Crippen LogP contribution is 2.38. The second-order valence-electron chi connectivity index (χ2n) is 7.10. The number of benzene rings is 1. The molecule has 2 aliphatic rings. The van der Waals surface area contributed by atoms with E-state index in [0.29, 0.717) is 56.7 Å². The van der Waals surface area contributed by atoms with Gasteiger partial charge in [-0.05, 0) is 49.3 Å². The van der Waals surface area contributed by atoms with Gasteiger partial charge in [-0.15, -0.1) is 0 Å². The summed E-state index contributed by atoms with van der Waals surface area (Å²) in [5.41, 5.74) is 0.540. The molecular weight excluding hydrogens is 378 g/mol. The van der Waals surface area contributed by atoms with Crippen molar-refractivity contribution in [3.8, 4) is 5.75 Å². The molecule has 1 saturated heterocycles. The summed E-state index contributed by atoms with van der Waals surface area (Å²) >= 11 is 0. The van der Waals surface area contributed by atoms with Crippen molar-refractivity contribution in [2.75, 3.05) is 26.0 Å². The van der Waals surface area contributed by atoms with Gasteiger partial charge in [-0.1, -0.05) is 6.07 Å². The third-order valence-electron chi connectivity index (χ3n) is 4.98. The van der Waals surface area contributed by atoms with Crippen LogP contribution in [-0.2, 0) is 26.5 Å². The summed E-state index contributed by atoms with van der Waals surface area (Å²) in [6, 6.07) is 4.76. The van der Waals surface area contributed by atoms with Crippen LogP contribution in [0.4, 0.5) is 0 Å². The Balaban J connectivity index is 1.69. The van der Waals surface area contributed by atoms with Crippen molar-refractivity contribution in [3.63, 3.8) is 0 Å². The smallest absolute Gasteiger partial charge is 0.211 e. The van der Waals surface area contributed by atoms with Gasteiger partial charge in [-0.2, -0.15) is 0 Å². The Morgan fingerprint density at radius 3 is 2.31 bits per heavy atom. The molecule has 1 N–H and O–H groups in total. The van der Waals surface area contributed by atoms with Gasteiger partial charge in [0.1, 0.15) is 10.6 Å². The lowest BCUT2D eigenvalue weighted by Crippen LogP contribution is -2.39. The highest BCUT2D eigenvalue weighted by molar-refractivity contribution is 7.92. The summed E-state index contributed by atoms with van der Waals surface area (Å²) in [5.74, 6) is 0.502. The van der Waals surface area contributed by atoms with Crippen LogP contribution in [0.25, 0.3) is 0 Å². The van der Waals surface area contributed by atoms with Crippen LogP contribution in [0.2, 0.25) is 0 Å². The first-order chi connectivity index (χ1) is 12.2. The van der Waals surface area contributed by atoms with E-state index in [1.165, 1.54) is 16.6 Å². The van der Waals surface area contributed by atoms with E-state index in [9.17, 15) is 21.9 Å². The maximum absolute atomic E-state index is 12.7. The highest BCUT2D eigenvalue weighted by Gasteiger charge is 2.39. The van der Waals surface area contributed by atoms with Gasteiger partial charge in [0, 0.05) is 13.1 Å². The Morgan fingerprint density at radius 2 is 1.77 bits per heavy atom. The van der Waals surface area contributed by atoms with E-state index in [2.05, 4.69) is 0 Å². The summed E-state index contributed by atoms with van der Waals surface area (Å²) in [7, 11) is -6.60. The average Bonchev–Trinajstić information content (AvgIpc) is 3.45. The molecule has 1 aliphatic heterocycles. The van der Waals surface area contributed by atoms with E-state index in [4.69, 9.17) is 4.74 Å². The van der Waals surface area contributed by atoms with Gasteiger partial charge in [0.2, 0.25) is 10.0 Å². The zero-order valence-corrected chi connectivity index (χ0v) is 16.4. The zero-order chi connectivity index (χ0) is 18.9. The molecule has 0 amide bonds. The van der Waals surface area contributed by atoms with Crippen molar-refractivity contribution in [3.05, 3.63) is 23.8 Å². The fraction of sp³-hybridized carbons (Fsp3) is 0.647. The van der Waals surface area contributed by atoms with Crippen molar-refractivity contribution in [1.29, 1.82) is 0 Å². The van der Waals surface area contributed by atoms with Crippen molar-refractivity contribution in [2.45, 2.75) is 42.4 Å². The molecule has 2 fully saturated rings. The van der Waals surface area contributed by atoms with Crippen LogP contribution in [-0.4, -0.2) is 57.4 Å². The summed E-state index contributed by atoms with van der Waals surface area (Å²) in [6.45, 7) is 1.05. The molecule has 0 radical (unpaired) electrons. The highest BCUT2D eigenvalue weighted by atomic mass is 32.2. The number of hydrogen-bond acceptors (Lipinski definition) is 6. The zero-order valence-electron chi connectivity index (χ0n) is 14.8. The SMILES string of the molecule is CS(=O)(=O)N1CCC(COc2ccc(CO)cc2S(=O)(=O)C2CC2)CC1. The molecule has 0 atom stereocenters. The first kappa shape index (κ1) is 19.6. The van der Waals surface area contributed by atoms with Gasteiger partial charge in [-0.25, -0.2) is 21.1 Å². The number of piperidine rings is 1. The minimum Gasteiger partial charge on any atom is -0.492 e. The number of sulfone groups is 1. The van der Waals surface area contributed by atoms with Crippen LogP contribution in [0, 0.1) is 5.92 Å².